The zero-order valence-electron chi connectivity index (χ0n) is 16.0. The molecular weight excluding hydrogens is 378 g/mol. The lowest BCUT2D eigenvalue weighted by Crippen LogP contribution is -2.35. The van der Waals surface area contributed by atoms with Crippen LogP contribution in [0.15, 0.2) is 76.9 Å². The first-order chi connectivity index (χ1) is 14.3. The first kappa shape index (κ1) is 18.0. The summed E-state index contributed by atoms with van der Waals surface area (Å²) < 4.78 is 0. The molecule has 2 aromatic carbocycles. The van der Waals surface area contributed by atoms with Gasteiger partial charge in [-0.05, 0) is 22.6 Å². The molecule has 5 rings (SSSR count). The van der Waals surface area contributed by atoms with E-state index in [-0.39, 0.29) is 5.56 Å². The van der Waals surface area contributed by atoms with E-state index in [4.69, 9.17) is 4.98 Å². The Morgan fingerprint density at radius 3 is 2.45 bits per heavy atom. The Morgan fingerprint density at radius 1 is 0.966 bits per heavy atom. The van der Waals surface area contributed by atoms with Gasteiger partial charge in [-0.2, -0.15) is 0 Å². The minimum atomic E-state index is -0.0188. The molecule has 4 nitrogen and oxygen atoms in total. The quantitative estimate of drug-likeness (QED) is 0.540. The van der Waals surface area contributed by atoms with Crippen molar-refractivity contribution in [3.63, 3.8) is 0 Å². The maximum atomic E-state index is 12.7. The molecule has 0 spiro atoms. The van der Waals surface area contributed by atoms with Gasteiger partial charge in [0.05, 0.1) is 11.3 Å². The van der Waals surface area contributed by atoms with Crippen molar-refractivity contribution < 1.29 is 0 Å². The number of H-pyrrole nitrogens is 1. The fraction of sp³-hybridized carbons (Fsp3) is 0.167. The van der Waals surface area contributed by atoms with Crippen molar-refractivity contribution >= 4 is 11.3 Å². The van der Waals surface area contributed by atoms with Crippen molar-refractivity contribution in [1.82, 2.24) is 14.9 Å². The largest absolute Gasteiger partial charge is 0.306 e. The number of nitrogens with one attached hydrogen (secondary N) is 1. The number of aromatic amines is 1. The smallest absolute Gasteiger partial charge is 0.255 e. The number of rotatable bonds is 4. The molecule has 0 saturated heterocycles. The van der Waals surface area contributed by atoms with Crippen LogP contribution in [0.25, 0.3) is 22.5 Å². The fourth-order valence-electron chi connectivity index (χ4n) is 3.81. The predicted octanol–water partition coefficient (Wildman–Crippen LogP) is 4.72. The highest BCUT2D eigenvalue weighted by molar-refractivity contribution is 7.10. The lowest BCUT2D eigenvalue weighted by Gasteiger charge is -2.27. The van der Waals surface area contributed by atoms with Gasteiger partial charge in [0.1, 0.15) is 5.82 Å². The minimum absolute atomic E-state index is 0.0188. The second-order valence-corrected chi connectivity index (χ2v) is 8.33. The van der Waals surface area contributed by atoms with Crippen LogP contribution in [-0.4, -0.2) is 21.4 Å². The van der Waals surface area contributed by atoms with Crippen molar-refractivity contribution in [2.45, 2.75) is 19.5 Å². The maximum Gasteiger partial charge on any atom is 0.255 e. The maximum absolute atomic E-state index is 12.7. The first-order valence-corrected chi connectivity index (χ1v) is 10.7. The van der Waals surface area contributed by atoms with Crippen LogP contribution in [0.1, 0.15) is 16.1 Å². The molecule has 1 aliphatic heterocycles. The van der Waals surface area contributed by atoms with Crippen LogP contribution in [0.4, 0.5) is 0 Å². The molecule has 3 heterocycles. The van der Waals surface area contributed by atoms with Gasteiger partial charge in [-0.3, -0.25) is 9.69 Å². The van der Waals surface area contributed by atoms with Crippen LogP contribution in [0, 0.1) is 0 Å². The third kappa shape index (κ3) is 3.79. The van der Waals surface area contributed by atoms with Crippen molar-refractivity contribution in [2.75, 3.05) is 6.54 Å². The first-order valence-electron chi connectivity index (χ1n) is 9.79. The van der Waals surface area contributed by atoms with Gasteiger partial charge in [-0.1, -0.05) is 60.7 Å². The lowest BCUT2D eigenvalue weighted by molar-refractivity contribution is 0.244. The van der Waals surface area contributed by atoms with Crippen LogP contribution >= 0.6 is 11.3 Å². The fourth-order valence-corrected chi connectivity index (χ4v) is 4.75. The summed E-state index contributed by atoms with van der Waals surface area (Å²) in [6.45, 7) is 2.42. The van der Waals surface area contributed by atoms with Crippen LogP contribution in [0.2, 0.25) is 0 Å². The van der Waals surface area contributed by atoms with Crippen LogP contribution in [-0.2, 0) is 19.5 Å². The molecule has 0 radical (unpaired) electrons. The molecule has 0 aliphatic carbocycles. The van der Waals surface area contributed by atoms with Gasteiger partial charge in [0.15, 0.2) is 0 Å². The number of thiophene rings is 1. The summed E-state index contributed by atoms with van der Waals surface area (Å²) in [6.07, 6.45) is 0.802. The van der Waals surface area contributed by atoms with Crippen molar-refractivity contribution in [3.05, 3.63) is 98.6 Å². The highest BCUT2D eigenvalue weighted by Crippen LogP contribution is 2.27. The van der Waals surface area contributed by atoms with E-state index >= 15 is 0 Å². The van der Waals surface area contributed by atoms with E-state index in [1.54, 1.807) is 11.3 Å². The van der Waals surface area contributed by atoms with E-state index in [0.717, 1.165) is 36.3 Å². The topological polar surface area (TPSA) is 49.0 Å². The predicted molar refractivity (Wildman–Crippen MR) is 118 cm³/mol. The van der Waals surface area contributed by atoms with Crippen LogP contribution in [0.3, 0.4) is 0 Å². The van der Waals surface area contributed by atoms with Crippen LogP contribution in [0.5, 0.6) is 0 Å². The SMILES string of the molecule is O=c1[nH]c(-c2ccccc2)nc2c1CN(Cc1cc(-c3ccccc3)cs1)CC2. The van der Waals surface area contributed by atoms with Gasteiger partial charge in [-0.15, -0.1) is 11.3 Å². The number of hydrogen-bond donors (Lipinski definition) is 1. The zero-order valence-corrected chi connectivity index (χ0v) is 16.8. The van der Waals surface area contributed by atoms with E-state index in [0.29, 0.717) is 12.4 Å². The molecule has 0 fully saturated rings. The Balaban J connectivity index is 1.34. The number of benzene rings is 2. The van der Waals surface area contributed by atoms with Gasteiger partial charge in [0, 0.05) is 36.5 Å². The summed E-state index contributed by atoms with van der Waals surface area (Å²) in [5.74, 6) is 0.661. The molecule has 0 unspecified atom stereocenters. The highest BCUT2D eigenvalue weighted by atomic mass is 32.1. The molecule has 2 aromatic heterocycles. The molecule has 0 amide bonds. The van der Waals surface area contributed by atoms with E-state index in [9.17, 15) is 4.79 Å². The van der Waals surface area contributed by atoms with E-state index in [2.05, 4.69) is 45.6 Å². The van der Waals surface area contributed by atoms with Gasteiger partial charge in [0.25, 0.3) is 5.56 Å². The Bertz CT molecular complexity index is 1180. The Kier molecular flexibility index (Phi) is 4.84. The average Bonchev–Trinajstić information content (AvgIpc) is 3.24. The second kappa shape index (κ2) is 7.78. The molecule has 29 heavy (non-hydrogen) atoms. The molecule has 1 N–H and O–H groups in total. The third-order valence-corrected chi connectivity index (χ3v) is 6.26. The van der Waals surface area contributed by atoms with Crippen molar-refractivity contribution in [2.24, 2.45) is 0 Å². The summed E-state index contributed by atoms with van der Waals surface area (Å²) >= 11 is 1.78. The number of aromatic nitrogens is 2. The Hall–Kier alpha value is -3.02. The second-order valence-electron chi connectivity index (χ2n) is 7.33. The highest BCUT2D eigenvalue weighted by Gasteiger charge is 2.22. The van der Waals surface area contributed by atoms with Gasteiger partial charge in [0.2, 0.25) is 0 Å². The van der Waals surface area contributed by atoms with E-state index in [1.165, 1.54) is 16.0 Å². The van der Waals surface area contributed by atoms with Gasteiger partial charge >= 0.3 is 0 Å². The molecule has 0 saturated carbocycles. The summed E-state index contributed by atoms with van der Waals surface area (Å²) in [5, 5.41) is 2.21. The molecule has 0 atom stereocenters. The lowest BCUT2D eigenvalue weighted by atomic mass is 10.1. The monoisotopic (exact) mass is 399 g/mol. The Labute approximate surface area is 173 Å². The summed E-state index contributed by atoms with van der Waals surface area (Å²) in [6, 6.07) is 22.5. The molecule has 4 aromatic rings. The van der Waals surface area contributed by atoms with E-state index in [1.807, 2.05) is 36.4 Å². The molecule has 1 aliphatic rings. The van der Waals surface area contributed by atoms with E-state index < -0.39 is 0 Å². The van der Waals surface area contributed by atoms with Crippen molar-refractivity contribution in [1.29, 1.82) is 0 Å². The molecular formula is C24H21N3OS. The minimum Gasteiger partial charge on any atom is -0.306 e. The van der Waals surface area contributed by atoms with Crippen molar-refractivity contribution in [3.8, 4) is 22.5 Å². The Morgan fingerprint density at radius 2 is 1.69 bits per heavy atom. The number of fused-ring (bicyclic) bond motifs is 1. The van der Waals surface area contributed by atoms with Crippen LogP contribution < -0.4 is 5.56 Å². The molecule has 144 valence electrons. The summed E-state index contributed by atoms with van der Waals surface area (Å²) in [4.78, 5) is 24.1. The van der Waals surface area contributed by atoms with Gasteiger partial charge in [-0.25, -0.2) is 4.98 Å². The normalized spacial score (nSPS) is 13.9. The third-order valence-electron chi connectivity index (χ3n) is 5.34. The summed E-state index contributed by atoms with van der Waals surface area (Å²) in [5.41, 5.74) is 5.16. The average molecular weight is 400 g/mol. The number of nitrogens with zero attached hydrogens (tertiary/aromatic N) is 2. The zero-order chi connectivity index (χ0) is 19.6. The molecule has 5 heteroatoms. The summed E-state index contributed by atoms with van der Waals surface area (Å²) in [7, 11) is 0. The van der Waals surface area contributed by atoms with Gasteiger partial charge < -0.3 is 4.98 Å². The standard InChI is InChI=1S/C24H21N3OS/c28-24-21-15-27(14-20-13-19(16-29-20)17-7-3-1-4-8-17)12-11-22(21)25-23(26-24)18-9-5-2-6-10-18/h1-10,13,16H,11-12,14-15H2,(H,25,26,28). The number of hydrogen-bond acceptors (Lipinski definition) is 4. The molecule has 0 bridgehead atoms.